The van der Waals surface area contributed by atoms with Crippen LogP contribution in [0.1, 0.15) is 18.7 Å². The van der Waals surface area contributed by atoms with Gasteiger partial charge in [-0.05, 0) is 37.1 Å². The number of carbonyl (C=O) groups is 2. The number of benzene rings is 2. The molecule has 1 aromatic heterocycles. The summed E-state index contributed by atoms with van der Waals surface area (Å²) in [7, 11) is 0. The molecule has 0 atom stereocenters. The van der Waals surface area contributed by atoms with Crippen molar-refractivity contribution in [1.29, 1.82) is 0 Å². The van der Waals surface area contributed by atoms with Gasteiger partial charge in [-0.15, -0.1) is 10.2 Å². The van der Waals surface area contributed by atoms with Gasteiger partial charge in [0.15, 0.2) is 6.61 Å². The second kappa shape index (κ2) is 8.03. The van der Waals surface area contributed by atoms with Crippen LogP contribution in [0.3, 0.4) is 0 Å². The third kappa shape index (κ3) is 3.98. The molecule has 1 aliphatic carbocycles. The minimum Gasteiger partial charge on any atom is -0.482 e. The van der Waals surface area contributed by atoms with E-state index in [9.17, 15) is 9.59 Å². The fourth-order valence-electron chi connectivity index (χ4n) is 3.57. The van der Waals surface area contributed by atoms with Crippen LogP contribution in [0.5, 0.6) is 5.75 Å². The lowest BCUT2D eigenvalue weighted by molar-refractivity contribution is -0.133. The Bertz CT molecular complexity index is 1140. The van der Waals surface area contributed by atoms with E-state index in [1.807, 2.05) is 24.3 Å². The summed E-state index contributed by atoms with van der Waals surface area (Å²) < 4.78 is 11.2. The fraction of sp³-hybridized carbons (Fsp3) is 0.273. The van der Waals surface area contributed by atoms with Crippen LogP contribution < -0.4 is 9.64 Å². The summed E-state index contributed by atoms with van der Waals surface area (Å²) in [5.41, 5.74) is 1.24. The molecular formula is C22H19ClN4O4. The van der Waals surface area contributed by atoms with Crippen molar-refractivity contribution in [1.82, 2.24) is 15.1 Å². The van der Waals surface area contributed by atoms with Gasteiger partial charge in [-0.25, -0.2) is 0 Å². The second-order valence-electron chi connectivity index (χ2n) is 7.47. The second-order valence-corrected chi connectivity index (χ2v) is 7.88. The first-order valence-electron chi connectivity index (χ1n) is 9.99. The highest BCUT2D eigenvalue weighted by molar-refractivity contribution is 6.33. The van der Waals surface area contributed by atoms with Crippen molar-refractivity contribution in [3.05, 3.63) is 59.4 Å². The van der Waals surface area contributed by atoms with Crippen LogP contribution in [0, 0.1) is 0 Å². The Morgan fingerprint density at radius 2 is 1.90 bits per heavy atom. The number of aromatic nitrogens is 2. The highest BCUT2D eigenvalue weighted by atomic mass is 35.5. The van der Waals surface area contributed by atoms with Crippen molar-refractivity contribution in [2.75, 3.05) is 18.1 Å². The van der Waals surface area contributed by atoms with Crippen LogP contribution in [-0.2, 0) is 16.1 Å². The standard InChI is InChI=1S/C22H19ClN4O4/c23-16-6-2-1-5-15(16)22-25-24-19(31-22)11-26(14-9-10-14)20(28)12-27-17-7-3-4-8-18(17)30-13-21(27)29/h1-8,14H,9-13H2. The molecule has 3 aromatic rings. The summed E-state index contributed by atoms with van der Waals surface area (Å²) in [4.78, 5) is 28.8. The lowest BCUT2D eigenvalue weighted by atomic mass is 10.2. The van der Waals surface area contributed by atoms with Crippen LogP contribution in [-0.4, -0.2) is 46.1 Å². The Morgan fingerprint density at radius 1 is 1.13 bits per heavy atom. The summed E-state index contributed by atoms with van der Waals surface area (Å²) in [6.45, 7) is 0.0287. The SMILES string of the molecule is O=C1COc2ccccc2N1CC(=O)N(Cc1nnc(-c2ccccc2Cl)o1)C1CC1. The number of hydrogen-bond donors (Lipinski definition) is 0. The molecule has 8 nitrogen and oxygen atoms in total. The van der Waals surface area contributed by atoms with E-state index in [0.29, 0.717) is 33.8 Å². The number of anilines is 1. The maximum Gasteiger partial charge on any atom is 0.265 e. The molecule has 1 aliphatic heterocycles. The van der Waals surface area contributed by atoms with Gasteiger partial charge in [-0.2, -0.15) is 0 Å². The van der Waals surface area contributed by atoms with E-state index >= 15 is 0 Å². The van der Waals surface area contributed by atoms with E-state index in [-0.39, 0.29) is 37.6 Å². The largest absolute Gasteiger partial charge is 0.482 e. The number of fused-ring (bicyclic) bond motifs is 1. The summed E-state index contributed by atoms with van der Waals surface area (Å²) in [5.74, 6) is 0.797. The normalized spacial score (nSPS) is 15.4. The monoisotopic (exact) mass is 438 g/mol. The van der Waals surface area contributed by atoms with Gasteiger partial charge in [-0.1, -0.05) is 35.9 Å². The minimum atomic E-state index is -0.249. The van der Waals surface area contributed by atoms with Gasteiger partial charge < -0.3 is 14.1 Å². The molecule has 0 bridgehead atoms. The Kier molecular flexibility index (Phi) is 5.07. The Morgan fingerprint density at radius 3 is 2.71 bits per heavy atom. The lowest BCUT2D eigenvalue weighted by Crippen LogP contribution is -2.46. The molecule has 0 N–H and O–H groups in total. The van der Waals surface area contributed by atoms with Crippen molar-refractivity contribution in [2.45, 2.75) is 25.4 Å². The molecule has 1 fully saturated rings. The molecule has 5 rings (SSSR count). The number of rotatable bonds is 6. The predicted molar refractivity (Wildman–Crippen MR) is 113 cm³/mol. The van der Waals surface area contributed by atoms with E-state index in [1.165, 1.54) is 4.90 Å². The number of para-hydroxylation sites is 2. The quantitative estimate of drug-likeness (QED) is 0.586. The van der Waals surface area contributed by atoms with E-state index in [2.05, 4.69) is 10.2 Å². The van der Waals surface area contributed by atoms with E-state index in [0.717, 1.165) is 12.8 Å². The lowest BCUT2D eigenvalue weighted by Gasteiger charge is -2.31. The van der Waals surface area contributed by atoms with Crippen LogP contribution in [0.2, 0.25) is 5.02 Å². The molecule has 158 valence electrons. The number of amides is 2. The summed E-state index contributed by atoms with van der Waals surface area (Å²) in [5, 5.41) is 8.68. The summed E-state index contributed by atoms with van der Waals surface area (Å²) >= 11 is 6.21. The maximum absolute atomic E-state index is 13.2. The van der Waals surface area contributed by atoms with Crippen molar-refractivity contribution >= 4 is 29.1 Å². The Hall–Kier alpha value is -3.39. The van der Waals surface area contributed by atoms with Crippen molar-refractivity contribution in [3.8, 4) is 17.2 Å². The zero-order valence-corrected chi connectivity index (χ0v) is 17.3. The zero-order valence-electron chi connectivity index (χ0n) is 16.5. The molecule has 0 saturated heterocycles. The van der Waals surface area contributed by atoms with E-state index in [1.54, 1.807) is 29.2 Å². The van der Waals surface area contributed by atoms with Gasteiger partial charge in [0.2, 0.25) is 17.7 Å². The van der Waals surface area contributed by atoms with Gasteiger partial charge >= 0.3 is 0 Å². The van der Waals surface area contributed by atoms with Gasteiger partial charge in [0.05, 0.1) is 22.8 Å². The van der Waals surface area contributed by atoms with E-state index in [4.69, 9.17) is 20.8 Å². The third-order valence-corrected chi connectivity index (χ3v) is 5.62. The molecule has 9 heteroatoms. The predicted octanol–water partition coefficient (Wildman–Crippen LogP) is 3.31. The zero-order chi connectivity index (χ0) is 21.4. The molecule has 2 aromatic carbocycles. The minimum absolute atomic E-state index is 0.0682. The maximum atomic E-state index is 13.2. The smallest absolute Gasteiger partial charge is 0.265 e. The molecule has 0 spiro atoms. The Balaban J connectivity index is 1.34. The van der Waals surface area contributed by atoms with Crippen LogP contribution >= 0.6 is 11.6 Å². The first-order chi connectivity index (χ1) is 15.1. The molecule has 2 aliphatic rings. The van der Waals surface area contributed by atoms with Gasteiger partial charge in [0.1, 0.15) is 12.3 Å². The van der Waals surface area contributed by atoms with Crippen molar-refractivity contribution < 1.29 is 18.7 Å². The molecule has 0 unspecified atom stereocenters. The van der Waals surface area contributed by atoms with Crippen LogP contribution in [0.4, 0.5) is 5.69 Å². The van der Waals surface area contributed by atoms with Crippen LogP contribution in [0.15, 0.2) is 52.9 Å². The number of ether oxygens (including phenoxy) is 1. The summed E-state index contributed by atoms with van der Waals surface area (Å²) in [6, 6.07) is 14.5. The molecule has 2 amide bonds. The molecule has 1 saturated carbocycles. The van der Waals surface area contributed by atoms with Gasteiger partial charge in [0.25, 0.3) is 5.91 Å². The molecule has 2 heterocycles. The highest BCUT2D eigenvalue weighted by Crippen LogP contribution is 2.33. The molecule has 31 heavy (non-hydrogen) atoms. The first-order valence-corrected chi connectivity index (χ1v) is 10.4. The number of nitrogens with zero attached hydrogens (tertiary/aromatic N) is 4. The average molecular weight is 439 g/mol. The average Bonchev–Trinajstić information content (AvgIpc) is 3.52. The van der Waals surface area contributed by atoms with Crippen LogP contribution in [0.25, 0.3) is 11.5 Å². The van der Waals surface area contributed by atoms with Gasteiger partial charge in [-0.3, -0.25) is 14.5 Å². The van der Waals surface area contributed by atoms with E-state index < -0.39 is 0 Å². The summed E-state index contributed by atoms with van der Waals surface area (Å²) in [6.07, 6.45) is 1.82. The van der Waals surface area contributed by atoms with Crippen molar-refractivity contribution in [2.24, 2.45) is 0 Å². The number of carbonyl (C=O) groups excluding carboxylic acids is 2. The topological polar surface area (TPSA) is 88.8 Å². The van der Waals surface area contributed by atoms with Crippen molar-refractivity contribution in [3.63, 3.8) is 0 Å². The third-order valence-electron chi connectivity index (χ3n) is 5.29. The van der Waals surface area contributed by atoms with Gasteiger partial charge in [0, 0.05) is 6.04 Å². The molecule has 0 radical (unpaired) electrons. The Labute approximate surface area is 183 Å². The fourth-order valence-corrected chi connectivity index (χ4v) is 3.78. The number of hydrogen-bond acceptors (Lipinski definition) is 6. The highest BCUT2D eigenvalue weighted by Gasteiger charge is 2.36. The first kappa shape index (κ1) is 19.6. The number of halogens is 1. The molecular weight excluding hydrogens is 420 g/mol.